The molecule has 8 nitrogen and oxygen atoms in total. The zero-order valence-corrected chi connectivity index (χ0v) is 20.6. The summed E-state index contributed by atoms with van der Waals surface area (Å²) >= 11 is 0. The molecular formula is C26H29N3O5S. The first kappa shape index (κ1) is 24.7. The molecule has 2 N–H and O–H groups in total. The van der Waals surface area contributed by atoms with Gasteiger partial charge in [-0.1, -0.05) is 30.3 Å². The highest BCUT2D eigenvalue weighted by Gasteiger charge is 2.20. The van der Waals surface area contributed by atoms with Crippen molar-refractivity contribution in [3.8, 4) is 5.75 Å². The van der Waals surface area contributed by atoms with E-state index in [0.29, 0.717) is 41.5 Å². The van der Waals surface area contributed by atoms with Gasteiger partial charge in [-0.15, -0.1) is 0 Å². The van der Waals surface area contributed by atoms with Crippen LogP contribution in [0.5, 0.6) is 5.75 Å². The molecule has 184 valence electrons. The molecule has 1 aliphatic rings. The second-order valence-corrected chi connectivity index (χ2v) is 9.98. The van der Waals surface area contributed by atoms with Gasteiger partial charge in [-0.3, -0.25) is 14.4 Å². The highest BCUT2D eigenvalue weighted by molar-refractivity contribution is 7.92. The van der Waals surface area contributed by atoms with Gasteiger partial charge in [-0.05, 0) is 54.4 Å². The predicted octanol–water partition coefficient (Wildman–Crippen LogP) is 3.89. The van der Waals surface area contributed by atoms with Gasteiger partial charge < -0.3 is 14.8 Å². The maximum Gasteiger partial charge on any atom is 0.262 e. The molecular weight excluding hydrogens is 466 g/mol. The zero-order chi connectivity index (χ0) is 24.8. The number of carbonyl (C=O) groups is 1. The number of para-hydroxylation sites is 2. The van der Waals surface area contributed by atoms with Crippen LogP contribution in [0.25, 0.3) is 0 Å². The van der Waals surface area contributed by atoms with E-state index in [1.165, 1.54) is 13.2 Å². The maximum atomic E-state index is 13.1. The van der Waals surface area contributed by atoms with Crippen molar-refractivity contribution in [1.29, 1.82) is 0 Å². The van der Waals surface area contributed by atoms with Crippen LogP contribution >= 0.6 is 0 Å². The van der Waals surface area contributed by atoms with Gasteiger partial charge in [0, 0.05) is 30.9 Å². The van der Waals surface area contributed by atoms with Gasteiger partial charge in [0.1, 0.15) is 5.75 Å². The molecule has 3 aromatic carbocycles. The summed E-state index contributed by atoms with van der Waals surface area (Å²) in [6.45, 7) is 5.60. The largest absolute Gasteiger partial charge is 0.495 e. The molecule has 35 heavy (non-hydrogen) atoms. The van der Waals surface area contributed by atoms with Gasteiger partial charge in [0.15, 0.2) is 0 Å². The molecule has 0 atom stereocenters. The lowest BCUT2D eigenvalue weighted by atomic mass is 10.1. The third-order valence-corrected chi connectivity index (χ3v) is 7.29. The lowest BCUT2D eigenvalue weighted by molar-refractivity contribution is 0.0342. The Morgan fingerprint density at radius 1 is 1.03 bits per heavy atom. The van der Waals surface area contributed by atoms with E-state index in [0.717, 1.165) is 25.2 Å². The van der Waals surface area contributed by atoms with Crippen molar-refractivity contribution >= 4 is 27.3 Å². The van der Waals surface area contributed by atoms with Crippen LogP contribution in [0.4, 0.5) is 11.4 Å². The van der Waals surface area contributed by atoms with Gasteiger partial charge in [0.2, 0.25) is 0 Å². The van der Waals surface area contributed by atoms with Crippen molar-refractivity contribution < 1.29 is 22.7 Å². The number of nitrogens with one attached hydrogen (secondary N) is 2. The minimum Gasteiger partial charge on any atom is -0.495 e. The second-order valence-electron chi connectivity index (χ2n) is 8.33. The highest BCUT2D eigenvalue weighted by atomic mass is 32.2. The summed E-state index contributed by atoms with van der Waals surface area (Å²) in [6.07, 6.45) is 0. The number of sulfonamides is 1. The van der Waals surface area contributed by atoms with E-state index >= 15 is 0 Å². The molecule has 1 heterocycles. The first-order valence-corrected chi connectivity index (χ1v) is 12.8. The fourth-order valence-electron chi connectivity index (χ4n) is 3.93. The molecule has 1 fully saturated rings. The van der Waals surface area contributed by atoms with Gasteiger partial charge >= 0.3 is 0 Å². The number of nitrogens with zero attached hydrogens (tertiary/aromatic N) is 1. The number of morpholine rings is 1. The lowest BCUT2D eigenvalue weighted by Gasteiger charge is -2.26. The number of methoxy groups -OCH3 is 1. The number of ether oxygens (including phenoxy) is 2. The van der Waals surface area contributed by atoms with Gasteiger partial charge in [0.25, 0.3) is 15.9 Å². The predicted molar refractivity (Wildman–Crippen MR) is 135 cm³/mol. The van der Waals surface area contributed by atoms with Gasteiger partial charge in [-0.2, -0.15) is 0 Å². The molecule has 0 radical (unpaired) electrons. The molecule has 3 aromatic rings. The standard InChI is InChI=1S/C26H29N3O5S/c1-19-10-11-22(17-25(19)35(31,32)28-23-8-3-4-9-24(23)33-2)27-26(30)21-7-5-6-20(16-21)18-29-12-14-34-15-13-29/h3-11,16-17,28H,12-15,18H2,1-2H3,(H,27,30). The van der Waals surface area contributed by atoms with E-state index in [1.807, 2.05) is 18.2 Å². The molecule has 0 unspecified atom stereocenters. The number of carbonyl (C=O) groups excluding carboxylic acids is 1. The van der Waals surface area contributed by atoms with Crippen LogP contribution in [0.2, 0.25) is 0 Å². The number of hydrogen-bond donors (Lipinski definition) is 2. The van der Waals surface area contributed by atoms with Crippen LogP contribution in [-0.4, -0.2) is 52.6 Å². The van der Waals surface area contributed by atoms with Crippen molar-refractivity contribution in [3.05, 3.63) is 83.4 Å². The van der Waals surface area contributed by atoms with Crippen LogP contribution in [0.1, 0.15) is 21.5 Å². The number of hydrogen-bond acceptors (Lipinski definition) is 6. The number of benzene rings is 3. The van der Waals surface area contributed by atoms with Crippen molar-refractivity contribution in [2.45, 2.75) is 18.4 Å². The summed E-state index contributed by atoms with van der Waals surface area (Å²) in [5.74, 6) is 0.105. The Labute approximate surface area is 205 Å². The van der Waals surface area contributed by atoms with E-state index < -0.39 is 10.0 Å². The molecule has 1 amide bonds. The van der Waals surface area contributed by atoms with Crippen molar-refractivity contribution in [1.82, 2.24) is 4.90 Å². The van der Waals surface area contributed by atoms with E-state index in [9.17, 15) is 13.2 Å². The highest BCUT2D eigenvalue weighted by Crippen LogP contribution is 2.28. The second kappa shape index (κ2) is 10.9. The summed E-state index contributed by atoms with van der Waals surface area (Å²) in [5.41, 5.74) is 2.82. The Kier molecular flexibility index (Phi) is 7.70. The zero-order valence-electron chi connectivity index (χ0n) is 19.8. The maximum absolute atomic E-state index is 13.1. The van der Waals surface area contributed by atoms with E-state index in [1.54, 1.807) is 49.4 Å². The molecule has 9 heteroatoms. The van der Waals surface area contributed by atoms with Crippen LogP contribution in [0.3, 0.4) is 0 Å². The molecule has 0 aromatic heterocycles. The average Bonchev–Trinajstić information content (AvgIpc) is 2.86. The average molecular weight is 496 g/mol. The fourth-order valence-corrected chi connectivity index (χ4v) is 5.27. The minimum atomic E-state index is -3.92. The third-order valence-electron chi connectivity index (χ3n) is 5.79. The number of rotatable bonds is 8. The molecule has 1 saturated heterocycles. The Hall–Kier alpha value is -3.40. The SMILES string of the molecule is COc1ccccc1NS(=O)(=O)c1cc(NC(=O)c2cccc(CN3CCOCC3)c2)ccc1C. The number of anilines is 2. The molecule has 4 rings (SSSR count). The monoisotopic (exact) mass is 495 g/mol. The van der Waals surface area contributed by atoms with Gasteiger partial charge in [0.05, 0.1) is 30.9 Å². The Morgan fingerprint density at radius 3 is 2.57 bits per heavy atom. The molecule has 0 saturated carbocycles. The van der Waals surface area contributed by atoms with Gasteiger partial charge in [-0.25, -0.2) is 8.42 Å². The molecule has 0 aliphatic carbocycles. The molecule has 0 spiro atoms. The quantitative estimate of drug-likeness (QED) is 0.492. The summed E-state index contributed by atoms with van der Waals surface area (Å²) < 4.78 is 39.5. The third kappa shape index (κ3) is 6.19. The van der Waals surface area contributed by atoms with Crippen molar-refractivity contribution in [3.63, 3.8) is 0 Å². The minimum absolute atomic E-state index is 0.0716. The first-order valence-electron chi connectivity index (χ1n) is 11.3. The summed E-state index contributed by atoms with van der Waals surface area (Å²) in [5, 5.41) is 2.83. The topological polar surface area (TPSA) is 97.0 Å². The van der Waals surface area contributed by atoms with Crippen LogP contribution in [0.15, 0.2) is 71.6 Å². The number of amides is 1. The lowest BCUT2D eigenvalue weighted by Crippen LogP contribution is -2.35. The van der Waals surface area contributed by atoms with Crippen LogP contribution < -0.4 is 14.8 Å². The molecule has 1 aliphatic heterocycles. The summed E-state index contributed by atoms with van der Waals surface area (Å²) in [4.78, 5) is 15.3. The van der Waals surface area contributed by atoms with Crippen LogP contribution in [-0.2, 0) is 21.3 Å². The number of aryl methyl sites for hydroxylation is 1. The smallest absolute Gasteiger partial charge is 0.262 e. The van der Waals surface area contributed by atoms with Crippen LogP contribution in [0, 0.1) is 6.92 Å². The molecule has 0 bridgehead atoms. The Morgan fingerprint density at radius 2 is 1.80 bits per heavy atom. The normalized spacial score (nSPS) is 14.3. The first-order chi connectivity index (χ1) is 16.9. The van der Waals surface area contributed by atoms with E-state index in [2.05, 4.69) is 14.9 Å². The Balaban J connectivity index is 1.51. The summed E-state index contributed by atoms with van der Waals surface area (Å²) in [7, 11) is -2.44. The van der Waals surface area contributed by atoms with Crippen molar-refractivity contribution in [2.24, 2.45) is 0 Å². The van der Waals surface area contributed by atoms with E-state index in [4.69, 9.17) is 9.47 Å². The fraction of sp³-hybridized carbons (Fsp3) is 0.269. The summed E-state index contributed by atoms with van der Waals surface area (Å²) in [6, 6.07) is 19.0. The Bertz CT molecular complexity index is 1300. The van der Waals surface area contributed by atoms with E-state index in [-0.39, 0.29) is 10.8 Å². The van der Waals surface area contributed by atoms with Crippen molar-refractivity contribution in [2.75, 3.05) is 43.5 Å².